The number of benzene rings is 1. The first-order chi connectivity index (χ1) is 9.28. The molecule has 3 heteroatoms. The highest BCUT2D eigenvalue weighted by molar-refractivity contribution is 5.56. The Bertz CT molecular complexity index is 471. The summed E-state index contributed by atoms with van der Waals surface area (Å²) >= 11 is 0. The van der Waals surface area contributed by atoms with Gasteiger partial charge in [-0.25, -0.2) is 0 Å². The second-order valence-corrected chi connectivity index (χ2v) is 5.34. The first kappa shape index (κ1) is 12.5. The lowest BCUT2D eigenvalue weighted by molar-refractivity contribution is 0.0215. The molecule has 3 heterocycles. The molecule has 2 bridgehead atoms. The Hall–Kier alpha value is -1.48. The number of rotatable bonds is 3. The molecule has 0 radical (unpaired) electrons. The predicted octanol–water partition coefficient (Wildman–Crippen LogP) is 2.51. The van der Waals surface area contributed by atoms with E-state index in [1.807, 2.05) is 25.1 Å². The van der Waals surface area contributed by atoms with Gasteiger partial charge in [0, 0.05) is 18.8 Å². The minimum absolute atomic E-state index is 0.293. The van der Waals surface area contributed by atoms with Gasteiger partial charge in [-0.3, -0.25) is 0 Å². The van der Waals surface area contributed by atoms with Crippen LogP contribution in [0.3, 0.4) is 0 Å². The van der Waals surface area contributed by atoms with E-state index in [1.54, 1.807) is 0 Å². The number of nitrogens with zero attached hydrogens (tertiary/aromatic N) is 1. The Morgan fingerprint density at radius 3 is 2.84 bits per heavy atom. The molecule has 0 amide bonds. The van der Waals surface area contributed by atoms with E-state index in [9.17, 15) is 5.11 Å². The molecule has 3 saturated heterocycles. The van der Waals surface area contributed by atoms with E-state index in [0.29, 0.717) is 12.5 Å². The summed E-state index contributed by atoms with van der Waals surface area (Å²) in [6.45, 7) is 4.83. The van der Waals surface area contributed by atoms with Crippen molar-refractivity contribution in [3.05, 3.63) is 35.5 Å². The summed E-state index contributed by atoms with van der Waals surface area (Å²) in [4.78, 5) is 2.32. The SMILES string of the molecule is CCOc1cccc(/C=C2/[C@@H](O)C3CCN2CC3)c1. The van der Waals surface area contributed by atoms with Crippen molar-refractivity contribution >= 4 is 6.08 Å². The fourth-order valence-corrected chi connectivity index (χ4v) is 3.11. The predicted molar refractivity (Wildman–Crippen MR) is 75.9 cm³/mol. The van der Waals surface area contributed by atoms with Crippen molar-refractivity contribution in [2.75, 3.05) is 19.7 Å². The molecule has 1 aromatic rings. The van der Waals surface area contributed by atoms with Crippen LogP contribution in [-0.4, -0.2) is 35.8 Å². The smallest absolute Gasteiger partial charge is 0.119 e. The molecule has 0 aliphatic carbocycles. The van der Waals surface area contributed by atoms with Crippen LogP contribution >= 0.6 is 0 Å². The molecule has 0 aromatic heterocycles. The van der Waals surface area contributed by atoms with Crippen LogP contribution in [0.1, 0.15) is 25.3 Å². The third-order valence-corrected chi connectivity index (χ3v) is 4.14. The van der Waals surface area contributed by atoms with E-state index < -0.39 is 0 Å². The van der Waals surface area contributed by atoms with E-state index in [0.717, 1.165) is 42.9 Å². The average Bonchev–Trinajstić information content (AvgIpc) is 2.44. The van der Waals surface area contributed by atoms with Gasteiger partial charge in [-0.05, 0) is 49.5 Å². The Kier molecular flexibility index (Phi) is 3.47. The Labute approximate surface area is 114 Å². The summed E-state index contributed by atoms with van der Waals surface area (Å²) in [5, 5.41) is 10.4. The molecule has 102 valence electrons. The highest BCUT2D eigenvalue weighted by Crippen LogP contribution is 2.35. The molecule has 1 atom stereocenters. The number of aliphatic hydroxyl groups is 1. The van der Waals surface area contributed by atoms with Gasteiger partial charge in [-0.2, -0.15) is 0 Å². The molecular formula is C16H21NO2. The van der Waals surface area contributed by atoms with Crippen molar-refractivity contribution in [3.8, 4) is 5.75 Å². The molecule has 4 rings (SSSR count). The number of piperidine rings is 3. The fraction of sp³-hybridized carbons (Fsp3) is 0.500. The van der Waals surface area contributed by atoms with E-state index in [4.69, 9.17) is 4.74 Å². The molecule has 3 aliphatic rings. The number of aliphatic hydroxyl groups excluding tert-OH is 1. The molecular weight excluding hydrogens is 238 g/mol. The summed E-state index contributed by atoms with van der Waals surface area (Å²) in [7, 11) is 0. The maximum atomic E-state index is 10.4. The third kappa shape index (κ3) is 2.47. The zero-order valence-electron chi connectivity index (χ0n) is 11.4. The highest BCUT2D eigenvalue weighted by Gasteiger charge is 2.36. The Balaban J connectivity index is 1.86. The summed E-state index contributed by atoms with van der Waals surface area (Å²) in [5.41, 5.74) is 2.18. The van der Waals surface area contributed by atoms with Gasteiger partial charge in [0.1, 0.15) is 5.75 Å². The molecule has 1 N–H and O–H groups in total. The summed E-state index contributed by atoms with van der Waals surface area (Å²) < 4.78 is 5.52. The van der Waals surface area contributed by atoms with Gasteiger partial charge in [0.25, 0.3) is 0 Å². The molecule has 3 fully saturated rings. The monoisotopic (exact) mass is 259 g/mol. The molecule has 3 nitrogen and oxygen atoms in total. The van der Waals surface area contributed by atoms with Gasteiger partial charge in [-0.1, -0.05) is 12.1 Å². The molecule has 19 heavy (non-hydrogen) atoms. The standard InChI is InChI=1S/C16H21NO2/c1-2-19-14-5-3-4-12(10-14)11-15-16(18)13-6-8-17(15)9-7-13/h3-5,10-11,13,16,18H,2,6-9H2,1H3/b15-11-/t16-/m0/s1. The van der Waals surface area contributed by atoms with Crippen molar-refractivity contribution in [1.82, 2.24) is 4.90 Å². The molecule has 3 aliphatic heterocycles. The maximum Gasteiger partial charge on any atom is 0.119 e. The Morgan fingerprint density at radius 2 is 2.16 bits per heavy atom. The lowest BCUT2D eigenvalue weighted by Crippen LogP contribution is -2.48. The number of hydrogen-bond donors (Lipinski definition) is 1. The van der Waals surface area contributed by atoms with Crippen molar-refractivity contribution in [2.24, 2.45) is 5.92 Å². The van der Waals surface area contributed by atoms with Gasteiger partial charge in [-0.15, -0.1) is 0 Å². The number of hydrogen-bond acceptors (Lipinski definition) is 3. The quantitative estimate of drug-likeness (QED) is 0.905. The number of fused-ring (bicyclic) bond motifs is 3. The van der Waals surface area contributed by atoms with Crippen molar-refractivity contribution in [2.45, 2.75) is 25.9 Å². The molecule has 0 spiro atoms. The zero-order chi connectivity index (χ0) is 13.2. The third-order valence-electron chi connectivity index (χ3n) is 4.14. The van der Waals surface area contributed by atoms with Crippen LogP contribution in [0.4, 0.5) is 0 Å². The topological polar surface area (TPSA) is 32.7 Å². The molecule has 0 saturated carbocycles. The average molecular weight is 259 g/mol. The van der Waals surface area contributed by atoms with Gasteiger partial charge >= 0.3 is 0 Å². The summed E-state index contributed by atoms with van der Waals surface area (Å²) in [5.74, 6) is 1.34. The number of ether oxygens (including phenoxy) is 1. The lowest BCUT2D eigenvalue weighted by Gasteiger charge is -2.45. The van der Waals surface area contributed by atoms with Crippen LogP contribution in [0.25, 0.3) is 6.08 Å². The second-order valence-electron chi connectivity index (χ2n) is 5.34. The molecule has 0 unspecified atom stereocenters. The highest BCUT2D eigenvalue weighted by atomic mass is 16.5. The Morgan fingerprint density at radius 1 is 1.37 bits per heavy atom. The van der Waals surface area contributed by atoms with Gasteiger partial charge in [0.05, 0.1) is 12.7 Å². The fourth-order valence-electron chi connectivity index (χ4n) is 3.11. The van der Waals surface area contributed by atoms with Crippen LogP contribution in [0.15, 0.2) is 30.0 Å². The van der Waals surface area contributed by atoms with Crippen LogP contribution in [0.5, 0.6) is 5.75 Å². The van der Waals surface area contributed by atoms with Crippen LogP contribution < -0.4 is 4.74 Å². The van der Waals surface area contributed by atoms with Crippen molar-refractivity contribution in [3.63, 3.8) is 0 Å². The minimum atomic E-state index is -0.293. The largest absolute Gasteiger partial charge is 0.494 e. The lowest BCUT2D eigenvalue weighted by atomic mass is 9.83. The summed E-state index contributed by atoms with van der Waals surface area (Å²) in [6.07, 6.45) is 4.06. The first-order valence-corrected chi connectivity index (χ1v) is 7.15. The summed E-state index contributed by atoms with van der Waals surface area (Å²) in [6, 6.07) is 8.06. The van der Waals surface area contributed by atoms with E-state index in [1.165, 1.54) is 0 Å². The van der Waals surface area contributed by atoms with E-state index in [2.05, 4.69) is 17.0 Å². The van der Waals surface area contributed by atoms with E-state index >= 15 is 0 Å². The first-order valence-electron chi connectivity index (χ1n) is 7.15. The van der Waals surface area contributed by atoms with Crippen LogP contribution in [-0.2, 0) is 0 Å². The van der Waals surface area contributed by atoms with Crippen molar-refractivity contribution < 1.29 is 9.84 Å². The van der Waals surface area contributed by atoms with E-state index in [-0.39, 0.29) is 6.10 Å². The molecule has 1 aromatic carbocycles. The zero-order valence-corrected chi connectivity index (χ0v) is 11.4. The van der Waals surface area contributed by atoms with Gasteiger partial charge in [0.15, 0.2) is 0 Å². The van der Waals surface area contributed by atoms with Gasteiger partial charge in [0.2, 0.25) is 0 Å². The minimum Gasteiger partial charge on any atom is -0.494 e. The van der Waals surface area contributed by atoms with Crippen LogP contribution in [0, 0.1) is 5.92 Å². The van der Waals surface area contributed by atoms with Crippen LogP contribution in [0.2, 0.25) is 0 Å². The normalized spacial score (nSPS) is 27.9. The maximum absolute atomic E-state index is 10.4. The van der Waals surface area contributed by atoms with Gasteiger partial charge < -0.3 is 14.7 Å². The second kappa shape index (κ2) is 5.25. The van der Waals surface area contributed by atoms with Crippen molar-refractivity contribution in [1.29, 1.82) is 0 Å².